The summed E-state index contributed by atoms with van der Waals surface area (Å²) in [5, 5.41) is 2.78. The summed E-state index contributed by atoms with van der Waals surface area (Å²) in [7, 11) is 0. The van der Waals surface area contributed by atoms with Crippen LogP contribution in [0.25, 0.3) is 16.6 Å². The average Bonchev–Trinajstić information content (AvgIpc) is 3.06. The Balaban J connectivity index is 1.56. The monoisotopic (exact) mass is 338 g/mol. The van der Waals surface area contributed by atoms with Crippen molar-refractivity contribution >= 4 is 17.2 Å². The van der Waals surface area contributed by atoms with Crippen molar-refractivity contribution < 1.29 is 14.3 Å². The summed E-state index contributed by atoms with van der Waals surface area (Å²) in [6.07, 6.45) is 4.89. The normalized spacial score (nSPS) is 17.6. The molecule has 0 aliphatic carbocycles. The first-order valence-corrected chi connectivity index (χ1v) is 8.10. The lowest BCUT2D eigenvalue weighted by atomic mass is 10.1. The van der Waals surface area contributed by atoms with Crippen molar-refractivity contribution in [3.05, 3.63) is 48.7 Å². The van der Waals surface area contributed by atoms with Gasteiger partial charge in [0.25, 0.3) is 5.91 Å². The molecule has 1 saturated heterocycles. The largest absolute Gasteiger partial charge is 0.376 e. The van der Waals surface area contributed by atoms with Crippen molar-refractivity contribution in [3.63, 3.8) is 0 Å². The molecule has 1 atom stereocenters. The third kappa shape index (κ3) is 3.38. The summed E-state index contributed by atoms with van der Waals surface area (Å²) in [6.45, 7) is 3.18. The molecule has 7 heteroatoms. The van der Waals surface area contributed by atoms with Gasteiger partial charge in [-0.1, -0.05) is 0 Å². The van der Waals surface area contributed by atoms with E-state index in [0.717, 1.165) is 22.3 Å². The minimum atomic E-state index is -0.589. The van der Waals surface area contributed by atoms with E-state index >= 15 is 0 Å². The second kappa shape index (κ2) is 6.62. The van der Waals surface area contributed by atoms with E-state index in [2.05, 4.69) is 15.3 Å². The zero-order chi connectivity index (χ0) is 17.2. The highest BCUT2D eigenvalue weighted by Crippen LogP contribution is 2.23. The molecular weight excluding hydrogens is 320 g/mol. The van der Waals surface area contributed by atoms with Crippen LogP contribution in [0.5, 0.6) is 0 Å². The van der Waals surface area contributed by atoms with Gasteiger partial charge in [-0.2, -0.15) is 0 Å². The maximum atomic E-state index is 12.2. The highest BCUT2D eigenvalue weighted by Gasteiger charge is 2.23. The van der Waals surface area contributed by atoms with E-state index in [1.165, 1.54) is 0 Å². The molecule has 3 aromatic rings. The fraction of sp³-hybridized carbons (Fsp3) is 0.278. The van der Waals surface area contributed by atoms with Gasteiger partial charge in [0.1, 0.15) is 12.1 Å². The maximum Gasteiger partial charge on any atom is 0.257 e. The number of aromatic nitrogens is 3. The third-order valence-electron chi connectivity index (χ3n) is 4.08. The zero-order valence-corrected chi connectivity index (χ0v) is 13.8. The molecule has 1 aliphatic heterocycles. The van der Waals surface area contributed by atoms with Gasteiger partial charge in [-0.25, -0.2) is 4.98 Å². The second-order valence-corrected chi connectivity index (χ2v) is 5.94. The van der Waals surface area contributed by atoms with Crippen molar-refractivity contribution in [2.24, 2.45) is 0 Å². The number of fused-ring (bicyclic) bond motifs is 1. The Bertz CT molecular complexity index is 916. The number of aryl methyl sites for hydroxylation is 1. The minimum Gasteiger partial charge on any atom is -0.376 e. The van der Waals surface area contributed by atoms with Crippen LogP contribution in [0, 0.1) is 6.92 Å². The molecule has 4 rings (SSSR count). The summed E-state index contributed by atoms with van der Waals surface area (Å²) in [5.74, 6) is 0.246. The summed E-state index contributed by atoms with van der Waals surface area (Å²) in [6, 6.07) is 7.88. The van der Waals surface area contributed by atoms with Crippen LogP contribution in [0.3, 0.4) is 0 Å². The fourth-order valence-electron chi connectivity index (χ4n) is 2.81. The van der Waals surface area contributed by atoms with E-state index in [1.54, 1.807) is 12.5 Å². The summed E-state index contributed by atoms with van der Waals surface area (Å²) in [5.41, 5.74) is 4.07. The summed E-state index contributed by atoms with van der Waals surface area (Å²) < 4.78 is 12.6. The predicted molar refractivity (Wildman–Crippen MR) is 92.3 cm³/mol. The molecule has 1 N–H and O–H groups in total. The number of nitrogens with one attached hydrogen (secondary N) is 1. The Morgan fingerprint density at radius 3 is 2.96 bits per heavy atom. The van der Waals surface area contributed by atoms with Crippen LogP contribution in [0.15, 0.2) is 43.0 Å². The van der Waals surface area contributed by atoms with E-state index in [4.69, 9.17) is 9.47 Å². The number of nitrogens with zero attached hydrogens (tertiary/aromatic N) is 3. The Labute approximate surface area is 144 Å². The molecule has 1 amide bonds. The number of carbonyl (C=O) groups is 1. The van der Waals surface area contributed by atoms with Gasteiger partial charge in [0.05, 0.1) is 25.3 Å². The van der Waals surface area contributed by atoms with Gasteiger partial charge in [0.15, 0.2) is 6.10 Å². The summed E-state index contributed by atoms with van der Waals surface area (Å²) >= 11 is 0. The average molecular weight is 338 g/mol. The molecule has 0 aromatic carbocycles. The number of amides is 1. The Hall–Kier alpha value is -2.77. The number of hydrogen-bond donors (Lipinski definition) is 1. The standard InChI is InChI=1S/C18H18N4O3/c1-12-6-13(2-3-19-12)14-7-15-8-17(20-11-22(15)9-14)21-18(23)16-10-24-4-5-25-16/h2-3,6-9,11,16H,4-5,10H2,1H3,(H,21,23). The first-order valence-electron chi connectivity index (χ1n) is 8.10. The second-order valence-electron chi connectivity index (χ2n) is 5.94. The number of pyridine rings is 1. The molecule has 0 spiro atoms. The molecule has 25 heavy (non-hydrogen) atoms. The number of rotatable bonds is 3. The van der Waals surface area contributed by atoms with Gasteiger partial charge < -0.3 is 19.2 Å². The van der Waals surface area contributed by atoms with Crippen LogP contribution >= 0.6 is 0 Å². The number of hydrogen-bond acceptors (Lipinski definition) is 5. The van der Waals surface area contributed by atoms with Crippen molar-refractivity contribution in [1.82, 2.24) is 14.4 Å². The first-order chi connectivity index (χ1) is 12.2. The molecule has 4 heterocycles. The molecule has 0 saturated carbocycles. The zero-order valence-electron chi connectivity index (χ0n) is 13.8. The quantitative estimate of drug-likeness (QED) is 0.791. The lowest BCUT2D eigenvalue weighted by molar-refractivity contribution is -0.142. The van der Waals surface area contributed by atoms with Crippen LogP contribution in [0.4, 0.5) is 5.82 Å². The molecular formula is C18H18N4O3. The molecule has 0 radical (unpaired) electrons. The lowest BCUT2D eigenvalue weighted by Crippen LogP contribution is -2.39. The van der Waals surface area contributed by atoms with Crippen LogP contribution < -0.4 is 5.32 Å². The molecule has 1 unspecified atom stereocenters. The van der Waals surface area contributed by atoms with Gasteiger partial charge >= 0.3 is 0 Å². The molecule has 128 valence electrons. The summed E-state index contributed by atoms with van der Waals surface area (Å²) in [4.78, 5) is 20.7. The SMILES string of the molecule is Cc1cc(-c2cc3cc(NC(=O)C4COCCO4)ncn3c2)ccn1. The van der Waals surface area contributed by atoms with E-state index in [9.17, 15) is 4.79 Å². The number of carbonyl (C=O) groups excluding carboxylic acids is 1. The van der Waals surface area contributed by atoms with E-state index in [1.807, 2.05) is 41.8 Å². The van der Waals surface area contributed by atoms with Gasteiger partial charge in [0, 0.05) is 29.7 Å². The smallest absolute Gasteiger partial charge is 0.257 e. The van der Waals surface area contributed by atoms with E-state index < -0.39 is 6.10 Å². The van der Waals surface area contributed by atoms with Gasteiger partial charge in [0.2, 0.25) is 0 Å². The fourth-order valence-corrected chi connectivity index (χ4v) is 2.81. The Morgan fingerprint density at radius 2 is 2.16 bits per heavy atom. The molecule has 1 fully saturated rings. The Morgan fingerprint density at radius 1 is 1.24 bits per heavy atom. The first kappa shape index (κ1) is 15.7. The van der Waals surface area contributed by atoms with Gasteiger partial charge in [-0.15, -0.1) is 0 Å². The highest BCUT2D eigenvalue weighted by molar-refractivity contribution is 5.94. The number of ether oxygens (including phenoxy) is 2. The maximum absolute atomic E-state index is 12.2. The van der Waals surface area contributed by atoms with E-state index in [-0.39, 0.29) is 12.5 Å². The minimum absolute atomic E-state index is 0.243. The lowest BCUT2D eigenvalue weighted by Gasteiger charge is -2.21. The molecule has 1 aliphatic rings. The highest BCUT2D eigenvalue weighted by atomic mass is 16.6. The van der Waals surface area contributed by atoms with Crippen LogP contribution in [0.1, 0.15) is 5.69 Å². The third-order valence-corrected chi connectivity index (χ3v) is 4.08. The predicted octanol–water partition coefficient (Wildman–Crippen LogP) is 2.06. The van der Waals surface area contributed by atoms with Crippen molar-refractivity contribution in [2.75, 3.05) is 25.1 Å². The van der Waals surface area contributed by atoms with Crippen LogP contribution in [-0.4, -0.2) is 46.2 Å². The van der Waals surface area contributed by atoms with Gasteiger partial charge in [-0.3, -0.25) is 9.78 Å². The molecule has 3 aromatic heterocycles. The van der Waals surface area contributed by atoms with Gasteiger partial charge in [-0.05, 0) is 30.7 Å². The van der Waals surface area contributed by atoms with Crippen molar-refractivity contribution in [1.29, 1.82) is 0 Å². The van der Waals surface area contributed by atoms with Crippen molar-refractivity contribution in [3.8, 4) is 11.1 Å². The number of anilines is 1. The van der Waals surface area contributed by atoms with Crippen LogP contribution in [-0.2, 0) is 14.3 Å². The molecule has 7 nitrogen and oxygen atoms in total. The van der Waals surface area contributed by atoms with Crippen molar-refractivity contribution in [2.45, 2.75) is 13.0 Å². The van der Waals surface area contributed by atoms with E-state index in [0.29, 0.717) is 19.0 Å². The molecule has 0 bridgehead atoms. The Kier molecular flexibility index (Phi) is 4.17. The van der Waals surface area contributed by atoms with Crippen LogP contribution in [0.2, 0.25) is 0 Å². The topological polar surface area (TPSA) is 77.8 Å².